The van der Waals surface area contributed by atoms with E-state index in [0.717, 1.165) is 18.4 Å². The van der Waals surface area contributed by atoms with E-state index in [2.05, 4.69) is 19.1 Å². The molecule has 0 spiro atoms. The lowest BCUT2D eigenvalue weighted by Crippen LogP contribution is -2.27. The summed E-state index contributed by atoms with van der Waals surface area (Å²) in [5.41, 5.74) is 0.932. The second-order valence-electron chi connectivity index (χ2n) is 7.00. The molecular formula is C20H23F2N. The Balaban J connectivity index is 1.73. The number of nitrogens with zero attached hydrogens (tertiary/aromatic N) is 1. The van der Waals surface area contributed by atoms with Gasteiger partial charge in [-0.2, -0.15) is 5.26 Å². The van der Waals surface area contributed by atoms with Gasteiger partial charge in [0.15, 0.2) is 0 Å². The molecule has 0 aliphatic heterocycles. The zero-order chi connectivity index (χ0) is 16.4. The molecule has 23 heavy (non-hydrogen) atoms. The minimum Gasteiger partial charge on any atom is -0.205 e. The fourth-order valence-corrected chi connectivity index (χ4v) is 4.46. The molecule has 0 heterocycles. The third-order valence-electron chi connectivity index (χ3n) is 5.72. The lowest BCUT2D eigenvalue weighted by atomic mass is 9.69. The third kappa shape index (κ3) is 3.17. The van der Waals surface area contributed by atoms with Crippen LogP contribution >= 0.6 is 0 Å². The van der Waals surface area contributed by atoms with Crippen LogP contribution in [0, 0.1) is 40.7 Å². The number of benzene rings is 1. The lowest BCUT2D eigenvalue weighted by Gasteiger charge is -2.36. The van der Waals surface area contributed by atoms with E-state index >= 15 is 0 Å². The Morgan fingerprint density at radius 2 is 1.87 bits per heavy atom. The molecule has 0 amide bonds. The van der Waals surface area contributed by atoms with Crippen molar-refractivity contribution in [3.8, 4) is 6.07 Å². The molecule has 3 heteroatoms. The van der Waals surface area contributed by atoms with Gasteiger partial charge in [0, 0.05) is 0 Å². The Morgan fingerprint density at radius 3 is 2.52 bits per heavy atom. The Hall–Kier alpha value is -1.69. The van der Waals surface area contributed by atoms with Crippen molar-refractivity contribution in [2.45, 2.75) is 51.9 Å². The molecule has 1 fully saturated rings. The monoisotopic (exact) mass is 315 g/mol. The molecule has 1 aromatic rings. The first-order valence-electron chi connectivity index (χ1n) is 8.66. The van der Waals surface area contributed by atoms with E-state index in [0.29, 0.717) is 29.7 Å². The number of hydrogen-bond donors (Lipinski definition) is 0. The summed E-state index contributed by atoms with van der Waals surface area (Å²) < 4.78 is 28.1. The largest absolute Gasteiger partial charge is 0.205 e. The zero-order valence-corrected chi connectivity index (χ0v) is 13.6. The number of nitriles is 1. The maximum atomic E-state index is 14.3. The van der Waals surface area contributed by atoms with E-state index in [1.165, 1.54) is 31.7 Å². The molecule has 0 radical (unpaired) electrons. The Kier molecular flexibility index (Phi) is 4.80. The normalized spacial score (nSPS) is 27.7. The van der Waals surface area contributed by atoms with Gasteiger partial charge in [0.05, 0.1) is 0 Å². The highest BCUT2D eigenvalue weighted by Crippen LogP contribution is 2.40. The van der Waals surface area contributed by atoms with Crippen LogP contribution in [0.25, 0.3) is 0 Å². The number of fused-ring (bicyclic) bond motifs is 1. The molecule has 3 rings (SSSR count). The second kappa shape index (κ2) is 6.83. The smallest absolute Gasteiger partial charge is 0.147 e. The molecule has 1 aromatic carbocycles. The first kappa shape index (κ1) is 16.2. The van der Waals surface area contributed by atoms with Gasteiger partial charge in [0.2, 0.25) is 0 Å². The third-order valence-corrected chi connectivity index (χ3v) is 5.72. The Bertz CT molecular complexity index is 649. The van der Waals surface area contributed by atoms with Crippen LogP contribution in [0.15, 0.2) is 18.2 Å². The van der Waals surface area contributed by atoms with Gasteiger partial charge in [-0.3, -0.25) is 0 Å². The fourth-order valence-electron chi connectivity index (χ4n) is 4.46. The fraction of sp³-hybridized carbons (Fsp3) is 0.550. The first-order chi connectivity index (χ1) is 11.1. The van der Waals surface area contributed by atoms with Crippen LogP contribution < -0.4 is 0 Å². The molecule has 0 aromatic heterocycles. The van der Waals surface area contributed by atoms with Gasteiger partial charge in [-0.05, 0) is 86.8 Å². The van der Waals surface area contributed by atoms with E-state index in [9.17, 15) is 8.78 Å². The molecule has 1 saturated carbocycles. The molecule has 0 saturated heterocycles. The van der Waals surface area contributed by atoms with Crippen LogP contribution in [0.2, 0.25) is 0 Å². The summed E-state index contributed by atoms with van der Waals surface area (Å²) in [7, 11) is 0. The SMILES string of the molecule is CC=CC1CCC(C2CCc3c(cc(F)c(C#N)c3F)C2)CC1. The molecule has 2 aliphatic rings. The van der Waals surface area contributed by atoms with Crippen molar-refractivity contribution in [1.29, 1.82) is 5.26 Å². The summed E-state index contributed by atoms with van der Waals surface area (Å²) in [4.78, 5) is 0. The van der Waals surface area contributed by atoms with Crippen molar-refractivity contribution in [1.82, 2.24) is 0 Å². The number of allylic oxidation sites excluding steroid dienone is 2. The highest BCUT2D eigenvalue weighted by atomic mass is 19.1. The van der Waals surface area contributed by atoms with E-state index in [1.54, 1.807) is 6.07 Å². The van der Waals surface area contributed by atoms with Crippen molar-refractivity contribution in [3.05, 3.63) is 46.5 Å². The van der Waals surface area contributed by atoms with E-state index in [4.69, 9.17) is 5.26 Å². The van der Waals surface area contributed by atoms with Crippen LogP contribution in [-0.4, -0.2) is 0 Å². The van der Waals surface area contributed by atoms with Crippen molar-refractivity contribution in [3.63, 3.8) is 0 Å². The topological polar surface area (TPSA) is 23.8 Å². The average molecular weight is 315 g/mol. The van der Waals surface area contributed by atoms with E-state index < -0.39 is 17.2 Å². The van der Waals surface area contributed by atoms with Gasteiger partial charge < -0.3 is 0 Å². The van der Waals surface area contributed by atoms with Gasteiger partial charge in [0.25, 0.3) is 0 Å². The summed E-state index contributed by atoms with van der Waals surface area (Å²) >= 11 is 0. The maximum absolute atomic E-state index is 14.3. The number of hydrogen-bond acceptors (Lipinski definition) is 1. The molecule has 0 N–H and O–H groups in total. The first-order valence-corrected chi connectivity index (χ1v) is 8.66. The predicted octanol–water partition coefficient (Wildman–Crippen LogP) is 5.32. The quantitative estimate of drug-likeness (QED) is 0.677. The van der Waals surface area contributed by atoms with Crippen molar-refractivity contribution in [2.24, 2.45) is 17.8 Å². The molecule has 1 atom stereocenters. The van der Waals surface area contributed by atoms with Crippen LogP contribution in [0.5, 0.6) is 0 Å². The average Bonchev–Trinajstić information content (AvgIpc) is 2.56. The summed E-state index contributed by atoms with van der Waals surface area (Å²) in [5, 5.41) is 8.89. The second-order valence-corrected chi connectivity index (χ2v) is 7.00. The predicted molar refractivity (Wildman–Crippen MR) is 86.9 cm³/mol. The van der Waals surface area contributed by atoms with Crippen LogP contribution in [0.3, 0.4) is 0 Å². The standard InChI is InChI=1S/C20H23F2N/c1-2-3-13-4-6-14(7-5-13)15-8-9-17-16(10-15)11-19(21)18(12-23)20(17)22/h2-3,11,13-15H,4-10H2,1H3. The summed E-state index contributed by atoms with van der Waals surface area (Å²) in [6, 6.07) is 3.05. The number of rotatable bonds is 2. The highest BCUT2D eigenvalue weighted by molar-refractivity contribution is 5.42. The van der Waals surface area contributed by atoms with Crippen LogP contribution in [-0.2, 0) is 12.8 Å². The molecular weight excluding hydrogens is 292 g/mol. The van der Waals surface area contributed by atoms with E-state index in [-0.39, 0.29) is 0 Å². The highest BCUT2D eigenvalue weighted by Gasteiger charge is 2.31. The Morgan fingerprint density at radius 1 is 1.13 bits per heavy atom. The molecule has 122 valence electrons. The Labute approximate surface area is 137 Å². The van der Waals surface area contributed by atoms with Crippen molar-refractivity contribution in [2.75, 3.05) is 0 Å². The van der Waals surface area contributed by atoms with Crippen molar-refractivity contribution < 1.29 is 8.78 Å². The summed E-state index contributed by atoms with van der Waals surface area (Å²) in [6.07, 6.45) is 11.7. The number of halogens is 2. The molecule has 1 unspecified atom stereocenters. The zero-order valence-electron chi connectivity index (χ0n) is 13.6. The van der Waals surface area contributed by atoms with Crippen LogP contribution in [0.4, 0.5) is 8.78 Å². The van der Waals surface area contributed by atoms with Gasteiger partial charge >= 0.3 is 0 Å². The van der Waals surface area contributed by atoms with Gasteiger partial charge in [-0.15, -0.1) is 0 Å². The molecule has 2 aliphatic carbocycles. The van der Waals surface area contributed by atoms with Crippen LogP contribution in [0.1, 0.15) is 55.7 Å². The van der Waals surface area contributed by atoms with E-state index in [1.807, 2.05) is 0 Å². The van der Waals surface area contributed by atoms with Crippen molar-refractivity contribution >= 4 is 0 Å². The summed E-state index contributed by atoms with van der Waals surface area (Å²) in [5.74, 6) is 0.575. The molecule has 0 bridgehead atoms. The molecule has 1 nitrogen and oxygen atoms in total. The summed E-state index contributed by atoms with van der Waals surface area (Å²) in [6.45, 7) is 2.07. The maximum Gasteiger partial charge on any atom is 0.147 e. The van der Waals surface area contributed by atoms with Gasteiger partial charge in [-0.25, -0.2) is 8.78 Å². The van der Waals surface area contributed by atoms with Gasteiger partial charge in [0.1, 0.15) is 23.3 Å². The minimum absolute atomic E-state index is 0.422. The minimum atomic E-state index is -0.707. The van der Waals surface area contributed by atoms with Gasteiger partial charge in [-0.1, -0.05) is 12.2 Å². The lowest BCUT2D eigenvalue weighted by molar-refractivity contribution is 0.205.